The van der Waals surface area contributed by atoms with Crippen LogP contribution in [0, 0.1) is 6.92 Å². The summed E-state index contributed by atoms with van der Waals surface area (Å²) in [5, 5.41) is 13.9. The van der Waals surface area contributed by atoms with Crippen LogP contribution in [0.1, 0.15) is 19.4 Å². The van der Waals surface area contributed by atoms with E-state index in [0.29, 0.717) is 28.4 Å². The minimum atomic E-state index is -0.291. The van der Waals surface area contributed by atoms with E-state index in [4.69, 9.17) is 28.9 Å². The normalized spacial score (nSPS) is 10.8. The molecule has 0 radical (unpaired) electrons. The molecule has 0 aliphatic heterocycles. The summed E-state index contributed by atoms with van der Waals surface area (Å²) < 4.78 is 0. The van der Waals surface area contributed by atoms with E-state index >= 15 is 0 Å². The molecule has 26 heavy (non-hydrogen) atoms. The summed E-state index contributed by atoms with van der Waals surface area (Å²) in [4.78, 5) is 22.5. The molecule has 0 bridgehead atoms. The number of hydrogen-bond donors (Lipinski definition) is 3. The van der Waals surface area contributed by atoms with Crippen molar-refractivity contribution in [3.63, 3.8) is 0 Å². The number of carbonyl (C=O) groups excluding carboxylic acids is 2. The van der Waals surface area contributed by atoms with E-state index < -0.39 is 0 Å². The second-order valence-corrected chi connectivity index (χ2v) is 6.39. The van der Waals surface area contributed by atoms with E-state index in [0.717, 1.165) is 5.56 Å². The lowest BCUT2D eigenvalue weighted by Gasteiger charge is -2.10. The predicted molar refractivity (Wildman–Crippen MR) is 105 cm³/mol. The van der Waals surface area contributed by atoms with Crippen molar-refractivity contribution in [2.24, 2.45) is 10.2 Å². The van der Waals surface area contributed by atoms with Gasteiger partial charge in [-0.05, 0) is 36.8 Å². The fraction of sp³-hybridized carbons (Fsp3) is 0.176. The maximum Gasteiger partial charge on any atom is 0.221 e. The number of hydrogen-bond acceptors (Lipinski definition) is 5. The third kappa shape index (κ3) is 4.93. The molecule has 0 fully saturated rings. The maximum absolute atomic E-state index is 11.4. The van der Waals surface area contributed by atoms with Crippen molar-refractivity contribution in [1.82, 2.24) is 0 Å². The number of aryl methyl sites for hydroxylation is 1. The number of carbonyl (C=O) groups is 2. The zero-order valence-corrected chi connectivity index (χ0v) is 15.9. The van der Waals surface area contributed by atoms with Gasteiger partial charge in [0.05, 0.1) is 27.1 Å². The Morgan fingerprint density at radius 1 is 0.962 bits per heavy atom. The number of azo groups is 1. The van der Waals surface area contributed by atoms with Crippen LogP contribution in [-0.2, 0) is 9.59 Å². The summed E-state index contributed by atoms with van der Waals surface area (Å²) in [5.74, 6) is -0.545. The lowest BCUT2D eigenvalue weighted by molar-refractivity contribution is -0.115. The Hall–Kier alpha value is -2.64. The van der Waals surface area contributed by atoms with Crippen molar-refractivity contribution < 1.29 is 9.59 Å². The molecule has 0 aromatic heterocycles. The van der Waals surface area contributed by atoms with Gasteiger partial charge in [0, 0.05) is 19.5 Å². The van der Waals surface area contributed by atoms with Gasteiger partial charge in [0.15, 0.2) is 0 Å². The zero-order chi connectivity index (χ0) is 19.4. The number of rotatable bonds is 4. The minimum absolute atomic E-state index is 0.234. The van der Waals surface area contributed by atoms with E-state index in [1.165, 1.54) is 26.0 Å². The second kappa shape index (κ2) is 8.16. The molecule has 0 unspecified atom stereocenters. The highest BCUT2D eigenvalue weighted by Gasteiger charge is 2.11. The quantitative estimate of drug-likeness (QED) is 0.489. The monoisotopic (exact) mass is 393 g/mol. The van der Waals surface area contributed by atoms with E-state index in [1.807, 2.05) is 6.92 Å². The van der Waals surface area contributed by atoms with Crippen molar-refractivity contribution in [3.8, 4) is 0 Å². The summed E-state index contributed by atoms with van der Waals surface area (Å²) >= 11 is 12.3. The van der Waals surface area contributed by atoms with E-state index in [1.54, 1.807) is 12.1 Å². The molecular weight excluding hydrogens is 377 g/mol. The Bertz CT molecular complexity index is 889. The molecule has 0 aliphatic carbocycles. The van der Waals surface area contributed by atoms with Crippen LogP contribution in [0.5, 0.6) is 0 Å². The highest BCUT2D eigenvalue weighted by Crippen LogP contribution is 2.36. The number of amides is 2. The standard InChI is InChI=1S/C17H17Cl2N5O2/c1-8-4-16(15(7-14(8)20)21-9(2)25)24-23-11-5-12(18)17(13(19)6-11)22-10(3)26/h4-7H,20H2,1-3H3,(H,21,25)(H,22,26). The summed E-state index contributed by atoms with van der Waals surface area (Å²) in [7, 11) is 0. The lowest BCUT2D eigenvalue weighted by atomic mass is 10.1. The molecule has 0 saturated carbocycles. The maximum atomic E-state index is 11.4. The largest absolute Gasteiger partial charge is 0.398 e. The number of benzene rings is 2. The first kappa shape index (κ1) is 19.7. The van der Waals surface area contributed by atoms with Crippen molar-refractivity contribution in [1.29, 1.82) is 0 Å². The van der Waals surface area contributed by atoms with Gasteiger partial charge in [-0.3, -0.25) is 9.59 Å². The molecule has 4 N–H and O–H groups in total. The molecule has 0 aliphatic rings. The number of halogens is 2. The van der Waals surface area contributed by atoms with Gasteiger partial charge < -0.3 is 16.4 Å². The van der Waals surface area contributed by atoms with Crippen molar-refractivity contribution >= 4 is 63.5 Å². The van der Waals surface area contributed by atoms with Crippen LogP contribution in [0.4, 0.5) is 28.4 Å². The summed E-state index contributed by atoms with van der Waals surface area (Å²) in [5.41, 5.74) is 8.77. The van der Waals surface area contributed by atoms with Gasteiger partial charge in [-0.25, -0.2) is 0 Å². The molecule has 2 amide bonds. The molecule has 0 spiro atoms. The second-order valence-electron chi connectivity index (χ2n) is 5.57. The molecule has 7 nitrogen and oxygen atoms in total. The third-order valence-corrected chi connectivity index (χ3v) is 3.89. The predicted octanol–water partition coefficient (Wildman–Crippen LogP) is 5.22. The SMILES string of the molecule is CC(=O)Nc1cc(N)c(C)cc1N=Nc1cc(Cl)c(NC(C)=O)c(Cl)c1. The van der Waals surface area contributed by atoms with Crippen LogP contribution in [0.25, 0.3) is 0 Å². The Morgan fingerprint density at radius 3 is 2.08 bits per heavy atom. The van der Waals surface area contributed by atoms with Gasteiger partial charge in [0.2, 0.25) is 11.8 Å². The first-order valence-corrected chi connectivity index (χ1v) is 8.29. The van der Waals surface area contributed by atoms with Gasteiger partial charge in [-0.2, -0.15) is 5.11 Å². The molecule has 2 rings (SSSR count). The molecule has 0 heterocycles. The van der Waals surface area contributed by atoms with Crippen LogP contribution < -0.4 is 16.4 Å². The van der Waals surface area contributed by atoms with E-state index in [-0.39, 0.29) is 21.9 Å². The fourth-order valence-electron chi connectivity index (χ4n) is 2.11. The number of nitrogens with zero attached hydrogens (tertiary/aromatic N) is 2. The van der Waals surface area contributed by atoms with Crippen LogP contribution >= 0.6 is 23.2 Å². The van der Waals surface area contributed by atoms with Gasteiger partial charge in [-0.1, -0.05) is 23.2 Å². The molecule has 2 aromatic carbocycles. The molecule has 0 atom stereocenters. The highest BCUT2D eigenvalue weighted by molar-refractivity contribution is 6.40. The Morgan fingerprint density at radius 2 is 1.54 bits per heavy atom. The minimum Gasteiger partial charge on any atom is -0.398 e. The average Bonchev–Trinajstić information content (AvgIpc) is 2.52. The number of anilines is 3. The zero-order valence-electron chi connectivity index (χ0n) is 14.4. The lowest BCUT2D eigenvalue weighted by Crippen LogP contribution is -2.06. The van der Waals surface area contributed by atoms with Gasteiger partial charge >= 0.3 is 0 Å². The summed E-state index contributed by atoms with van der Waals surface area (Å²) in [6.07, 6.45) is 0. The van der Waals surface area contributed by atoms with Crippen LogP contribution in [0.2, 0.25) is 10.0 Å². The van der Waals surface area contributed by atoms with Crippen LogP contribution in [0.15, 0.2) is 34.5 Å². The van der Waals surface area contributed by atoms with Gasteiger partial charge in [0.1, 0.15) is 5.69 Å². The summed E-state index contributed by atoms with van der Waals surface area (Å²) in [6.45, 7) is 4.56. The first-order chi connectivity index (χ1) is 12.2. The van der Waals surface area contributed by atoms with E-state index in [2.05, 4.69) is 20.9 Å². The summed E-state index contributed by atoms with van der Waals surface area (Å²) in [6, 6.07) is 6.36. The molecule has 136 valence electrons. The number of nitrogens with two attached hydrogens (primary N) is 1. The van der Waals surface area contributed by atoms with Crippen LogP contribution in [0.3, 0.4) is 0 Å². The van der Waals surface area contributed by atoms with Crippen molar-refractivity contribution in [3.05, 3.63) is 39.9 Å². The van der Waals surface area contributed by atoms with Gasteiger partial charge in [-0.15, -0.1) is 5.11 Å². The highest BCUT2D eigenvalue weighted by atomic mass is 35.5. The Balaban J connectivity index is 2.39. The van der Waals surface area contributed by atoms with Crippen LogP contribution in [-0.4, -0.2) is 11.8 Å². The van der Waals surface area contributed by atoms with Gasteiger partial charge in [0.25, 0.3) is 0 Å². The Kier molecular flexibility index (Phi) is 6.18. The molecular formula is C17H17Cl2N5O2. The third-order valence-electron chi connectivity index (χ3n) is 3.30. The molecule has 2 aromatic rings. The first-order valence-electron chi connectivity index (χ1n) is 7.53. The smallest absolute Gasteiger partial charge is 0.221 e. The Labute approximate surface area is 160 Å². The fourth-order valence-corrected chi connectivity index (χ4v) is 2.68. The molecule has 9 heteroatoms. The topological polar surface area (TPSA) is 109 Å². The van der Waals surface area contributed by atoms with E-state index in [9.17, 15) is 9.59 Å². The number of nitrogen functional groups attached to an aromatic ring is 1. The van der Waals surface area contributed by atoms with Crippen molar-refractivity contribution in [2.75, 3.05) is 16.4 Å². The van der Waals surface area contributed by atoms with Crippen molar-refractivity contribution in [2.45, 2.75) is 20.8 Å². The average molecular weight is 394 g/mol. The number of nitrogens with one attached hydrogen (secondary N) is 2. The molecule has 0 saturated heterocycles.